The van der Waals surface area contributed by atoms with Gasteiger partial charge in [0.05, 0.1) is 11.2 Å². The number of rotatable bonds is 4. The summed E-state index contributed by atoms with van der Waals surface area (Å²) in [5.41, 5.74) is 8.66. The number of anilines is 2. The van der Waals surface area contributed by atoms with Crippen LogP contribution in [-0.2, 0) is 0 Å². The van der Waals surface area contributed by atoms with E-state index in [1.807, 2.05) is 18.2 Å². The average molecular weight is 229 g/mol. The molecule has 1 aromatic carbocycles. The van der Waals surface area contributed by atoms with Crippen LogP contribution in [0, 0.1) is 0 Å². The zero-order valence-corrected chi connectivity index (χ0v) is 10.4. The topological polar surface area (TPSA) is 50.9 Å². The number of nitrogens with one attached hydrogen (secondary N) is 1. The Bertz CT molecular complexity index is 504. The van der Waals surface area contributed by atoms with E-state index in [2.05, 4.69) is 30.2 Å². The van der Waals surface area contributed by atoms with Crippen LogP contribution in [0.15, 0.2) is 30.5 Å². The zero-order valence-electron chi connectivity index (χ0n) is 10.4. The number of pyridine rings is 1. The van der Waals surface area contributed by atoms with Crippen molar-refractivity contribution < 1.29 is 0 Å². The lowest BCUT2D eigenvalue weighted by atomic mass is 10.1. The summed E-state index contributed by atoms with van der Waals surface area (Å²) in [7, 11) is 0. The molecule has 0 amide bonds. The molecule has 0 atom stereocenters. The Labute approximate surface area is 102 Å². The Balaban J connectivity index is 2.44. The highest BCUT2D eigenvalue weighted by molar-refractivity contribution is 5.98. The summed E-state index contributed by atoms with van der Waals surface area (Å²) in [5.74, 6) is 0. The van der Waals surface area contributed by atoms with Gasteiger partial charge >= 0.3 is 0 Å². The number of hydrogen-bond acceptors (Lipinski definition) is 3. The van der Waals surface area contributed by atoms with E-state index in [0.717, 1.165) is 35.1 Å². The summed E-state index contributed by atoms with van der Waals surface area (Å²) in [6, 6.07) is 8.46. The quantitative estimate of drug-likeness (QED) is 0.790. The van der Waals surface area contributed by atoms with Crippen LogP contribution >= 0.6 is 0 Å². The first-order chi connectivity index (χ1) is 8.26. The van der Waals surface area contributed by atoms with Crippen LogP contribution in [-0.4, -0.2) is 11.0 Å². The van der Waals surface area contributed by atoms with Gasteiger partial charge in [-0.3, -0.25) is 4.98 Å². The molecule has 3 nitrogen and oxygen atoms in total. The van der Waals surface area contributed by atoms with Gasteiger partial charge in [0.1, 0.15) is 0 Å². The lowest BCUT2D eigenvalue weighted by molar-refractivity contribution is 0.672. The maximum absolute atomic E-state index is 5.93. The molecular weight excluding hydrogens is 210 g/mol. The van der Waals surface area contributed by atoms with E-state index in [4.69, 9.17) is 5.73 Å². The highest BCUT2D eigenvalue weighted by atomic mass is 14.9. The molecule has 3 N–H and O–H groups in total. The number of nitrogens with zero attached hydrogens (tertiary/aromatic N) is 1. The second-order valence-electron chi connectivity index (χ2n) is 4.26. The molecule has 0 spiro atoms. The van der Waals surface area contributed by atoms with Crippen molar-refractivity contribution >= 4 is 22.3 Å². The molecule has 0 aliphatic carbocycles. The van der Waals surface area contributed by atoms with Gasteiger partial charge in [0.2, 0.25) is 0 Å². The molecule has 0 saturated carbocycles. The smallest absolute Gasteiger partial charge is 0.0951 e. The van der Waals surface area contributed by atoms with Crippen LogP contribution in [0.1, 0.15) is 26.7 Å². The Morgan fingerprint density at radius 2 is 2.00 bits per heavy atom. The Morgan fingerprint density at radius 1 is 1.24 bits per heavy atom. The minimum absolute atomic E-state index is 0.502. The summed E-state index contributed by atoms with van der Waals surface area (Å²) in [6.07, 6.45) is 4.00. The van der Waals surface area contributed by atoms with E-state index in [9.17, 15) is 0 Å². The highest BCUT2D eigenvalue weighted by Crippen LogP contribution is 2.27. The Morgan fingerprint density at radius 3 is 2.71 bits per heavy atom. The highest BCUT2D eigenvalue weighted by Gasteiger charge is 2.08. The molecule has 0 saturated heterocycles. The monoisotopic (exact) mass is 229 g/mol. The fraction of sp³-hybridized carbons (Fsp3) is 0.357. The normalized spacial score (nSPS) is 11.0. The second kappa shape index (κ2) is 5.04. The van der Waals surface area contributed by atoms with Crippen molar-refractivity contribution in [3.05, 3.63) is 30.5 Å². The first kappa shape index (κ1) is 11.7. The molecule has 0 unspecified atom stereocenters. The van der Waals surface area contributed by atoms with Crippen molar-refractivity contribution in [3.63, 3.8) is 0 Å². The molecule has 2 aromatic rings. The summed E-state index contributed by atoms with van der Waals surface area (Å²) in [4.78, 5) is 4.34. The van der Waals surface area contributed by atoms with E-state index in [-0.39, 0.29) is 0 Å². The number of aromatic nitrogens is 1. The molecule has 0 aliphatic heterocycles. The van der Waals surface area contributed by atoms with Crippen molar-refractivity contribution in [2.45, 2.75) is 32.7 Å². The third-order valence-corrected chi connectivity index (χ3v) is 3.15. The molecule has 0 radical (unpaired) electrons. The predicted octanol–water partition coefficient (Wildman–Crippen LogP) is 3.42. The number of fused-ring (bicyclic) bond motifs is 1. The average Bonchev–Trinajstić information content (AvgIpc) is 2.38. The Hall–Kier alpha value is -1.77. The maximum atomic E-state index is 5.93. The minimum Gasteiger partial charge on any atom is -0.397 e. The van der Waals surface area contributed by atoms with E-state index >= 15 is 0 Å². The van der Waals surface area contributed by atoms with Gasteiger partial charge in [-0.25, -0.2) is 0 Å². The fourth-order valence-corrected chi connectivity index (χ4v) is 2.03. The van der Waals surface area contributed by atoms with Gasteiger partial charge in [-0.15, -0.1) is 0 Å². The summed E-state index contributed by atoms with van der Waals surface area (Å²) >= 11 is 0. The zero-order chi connectivity index (χ0) is 12.3. The molecule has 90 valence electrons. The number of nitrogen functional groups attached to an aromatic ring is 1. The van der Waals surface area contributed by atoms with Crippen molar-refractivity contribution in [2.75, 3.05) is 11.1 Å². The van der Waals surface area contributed by atoms with Crippen LogP contribution in [0.2, 0.25) is 0 Å². The van der Waals surface area contributed by atoms with Crippen molar-refractivity contribution in [1.29, 1.82) is 0 Å². The van der Waals surface area contributed by atoms with Gasteiger partial charge in [-0.1, -0.05) is 13.8 Å². The summed E-state index contributed by atoms with van der Waals surface area (Å²) in [5, 5.41) is 4.65. The summed E-state index contributed by atoms with van der Waals surface area (Å²) < 4.78 is 0. The number of nitrogens with two attached hydrogens (primary N) is 1. The van der Waals surface area contributed by atoms with E-state index < -0.39 is 0 Å². The van der Waals surface area contributed by atoms with Crippen molar-refractivity contribution in [1.82, 2.24) is 4.98 Å². The number of benzene rings is 1. The number of hydrogen-bond donors (Lipinski definition) is 2. The lowest BCUT2D eigenvalue weighted by Crippen LogP contribution is -2.17. The Kier molecular flexibility index (Phi) is 3.47. The van der Waals surface area contributed by atoms with Crippen LogP contribution in [0.25, 0.3) is 10.9 Å². The third-order valence-electron chi connectivity index (χ3n) is 3.15. The molecule has 0 aliphatic rings. The molecule has 3 heteroatoms. The molecule has 0 fully saturated rings. The van der Waals surface area contributed by atoms with Gasteiger partial charge in [-0.05, 0) is 37.1 Å². The third kappa shape index (κ3) is 2.33. The van der Waals surface area contributed by atoms with Gasteiger partial charge in [0.25, 0.3) is 0 Å². The van der Waals surface area contributed by atoms with E-state index in [1.54, 1.807) is 6.20 Å². The van der Waals surface area contributed by atoms with E-state index in [0.29, 0.717) is 6.04 Å². The fourth-order valence-electron chi connectivity index (χ4n) is 2.03. The molecule has 1 heterocycles. The lowest BCUT2D eigenvalue weighted by Gasteiger charge is -2.18. The predicted molar refractivity (Wildman–Crippen MR) is 74.1 cm³/mol. The minimum atomic E-state index is 0.502. The second-order valence-corrected chi connectivity index (χ2v) is 4.26. The summed E-state index contributed by atoms with van der Waals surface area (Å²) in [6.45, 7) is 4.39. The largest absolute Gasteiger partial charge is 0.397 e. The van der Waals surface area contributed by atoms with E-state index in [1.165, 1.54) is 0 Å². The van der Waals surface area contributed by atoms with Crippen LogP contribution in [0.5, 0.6) is 0 Å². The molecule has 17 heavy (non-hydrogen) atoms. The van der Waals surface area contributed by atoms with Gasteiger partial charge in [0.15, 0.2) is 0 Å². The SMILES string of the molecule is CCC(CC)Nc1ccc(N)c2ncccc12. The van der Waals surface area contributed by atoms with Crippen LogP contribution in [0.3, 0.4) is 0 Å². The van der Waals surface area contributed by atoms with Crippen molar-refractivity contribution in [3.8, 4) is 0 Å². The molecule has 2 rings (SSSR count). The van der Waals surface area contributed by atoms with Crippen molar-refractivity contribution in [2.24, 2.45) is 0 Å². The van der Waals surface area contributed by atoms with Crippen LogP contribution < -0.4 is 11.1 Å². The molecule has 0 bridgehead atoms. The van der Waals surface area contributed by atoms with Gasteiger partial charge < -0.3 is 11.1 Å². The maximum Gasteiger partial charge on any atom is 0.0951 e. The molecular formula is C14H19N3. The van der Waals surface area contributed by atoms with Gasteiger partial charge in [-0.2, -0.15) is 0 Å². The van der Waals surface area contributed by atoms with Crippen LogP contribution in [0.4, 0.5) is 11.4 Å². The van der Waals surface area contributed by atoms with Gasteiger partial charge in [0, 0.05) is 23.3 Å². The first-order valence-corrected chi connectivity index (χ1v) is 6.16. The molecule has 1 aromatic heterocycles. The standard InChI is InChI=1S/C14H19N3/c1-3-10(4-2)17-13-8-7-12(15)14-11(13)6-5-9-16-14/h5-10,17H,3-4,15H2,1-2H3. The first-order valence-electron chi connectivity index (χ1n) is 6.16.